The van der Waals surface area contributed by atoms with Crippen LogP contribution in [0.15, 0.2) is 30.3 Å². The van der Waals surface area contributed by atoms with Crippen LogP contribution in [-0.4, -0.2) is 30.0 Å². The lowest BCUT2D eigenvalue weighted by Gasteiger charge is -2.15. The number of hydrogen-bond donors (Lipinski definition) is 2. The molecule has 0 fully saturated rings. The summed E-state index contributed by atoms with van der Waals surface area (Å²) in [6.07, 6.45) is -1.47. The zero-order valence-corrected chi connectivity index (χ0v) is 14.6. The first kappa shape index (κ1) is 20.7. The number of halogens is 3. The number of esters is 1. The van der Waals surface area contributed by atoms with E-state index >= 15 is 0 Å². The molecule has 1 amide bonds. The van der Waals surface area contributed by atoms with Gasteiger partial charge in [-0.15, -0.1) is 0 Å². The largest absolute Gasteiger partial charge is 0.449 e. The molecule has 0 aliphatic heterocycles. The van der Waals surface area contributed by atoms with E-state index in [9.17, 15) is 32.9 Å². The number of carbonyl (C=O) groups is 2. The van der Waals surface area contributed by atoms with Gasteiger partial charge in [0.15, 0.2) is 23.6 Å². The summed E-state index contributed by atoms with van der Waals surface area (Å²) < 4.78 is 44.7. The van der Waals surface area contributed by atoms with Gasteiger partial charge in [-0.2, -0.15) is 0 Å². The Morgan fingerprint density at radius 3 is 2.36 bits per heavy atom. The van der Waals surface area contributed by atoms with Crippen LogP contribution in [0, 0.1) is 27.6 Å². The first-order valence-corrected chi connectivity index (χ1v) is 7.77. The maximum atomic E-state index is 13.6. The minimum atomic E-state index is -1.77. The van der Waals surface area contributed by atoms with E-state index in [0.29, 0.717) is 6.07 Å². The molecule has 0 heterocycles. The number of non-ortho nitro benzene ring substituents is 1. The lowest BCUT2D eigenvalue weighted by atomic mass is 10.1. The van der Waals surface area contributed by atoms with Crippen molar-refractivity contribution in [2.75, 3.05) is 17.7 Å². The second-order valence-electron chi connectivity index (χ2n) is 5.50. The predicted molar refractivity (Wildman–Crippen MR) is 92.5 cm³/mol. The Hall–Kier alpha value is -3.63. The van der Waals surface area contributed by atoms with Crippen molar-refractivity contribution < 1.29 is 32.4 Å². The number of ether oxygens (including phenoxy) is 1. The molecule has 0 saturated heterocycles. The summed E-state index contributed by atoms with van der Waals surface area (Å²) >= 11 is 0. The van der Waals surface area contributed by atoms with Crippen LogP contribution in [0.2, 0.25) is 0 Å². The van der Waals surface area contributed by atoms with Crippen LogP contribution in [0.1, 0.15) is 17.3 Å². The third-order valence-electron chi connectivity index (χ3n) is 3.65. The van der Waals surface area contributed by atoms with E-state index in [-0.39, 0.29) is 16.9 Å². The van der Waals surface area contributed by atoms with Gasteiger partial charge in [0.2, 0.25) is 0 Å². The number of nitrogens with zero attached hydrogens (tertiary/aromatic N) is 1. The molecule has 11 heteroatoms. The van der Waals surface area contributed by atoms with E-state index < -0.39 is 46.0 Å². The minimum absolute atomic E-state index is 0.199. The molecule has 2 aromatic carbocycles. The highest BCUT2D eigenvalue weighted by Crippen LogP contribution is 2.24. The molecule has 28 heavy (non-hydrogen) atoms. The lowest BCUT2D eigenvalue weighted by Crippen LogP contribution is -2.30. The summed E-state index contributed by atoms with van der Waals surface area (Å²) in [5, 5.41) is 15.5. The zero-order valence-electron chi connectivity index (χ0n) is 14.6. The van der Waals surface area contributed by atoms with Gasteiger partial charge < -0.3 is 15.4 Å². The number of amides is 1. The number of rotatable bonds is 6. The molecular formula is C17H14F3N3O5. The fourth-order valence-electron chi connectivity index (χ4n) is 2.17. The molecule has 0 aromatic heterocycles. The van der Waals surface area contributed by atoms with Crippen LogP contribution in [0.4, 0.5) is 30.2 Å². The number of nitro groups is 1. The molecule has 148 valence electrons. The van der Waals surface area contributed by atoms with Crippen molar-refractivity contribution >= 4 is 28.9 Å². The molecular weight excluding hydrogens is 383 g/mol. The Bertz CT molecular complexity index is 952. The van der Waals surface area contributed by atoms with E-state index in [1.807, 2.05) is 5.32 Å². The van der Waals surface area contributed by atoms with Crippen molar-refractivity contribution in [1.29, 1.82) is 0 Å². The topological polar surface area (TPSA) is 111 Å². The Kier molecular flexibility index (Phi) is 6.18. The summed E-state index contributed by atoms with van der Waals surface area (Å²) in [6, 6.07) is 4.85. The smallest absolute Gasteiger partial charge is 0.341 e. The SMILES string of the molecule is CNc1ccc([N+](=O)[O-])cc1C(=O)O[C@H](C)C(=O)Nc1ccc(F)c(F)c1F. The molecule has 0 aliphatic carbocycles. The van der Waals surface area contributed by atoms with Gasteiger partial charge in [0, 0.05) is 24.9 Å². The zero-order chi connectivity index (χ0) is 21.0. The van der Waals surface area contributed by atoms with E-state index in [2.05, 4.69) is 5.32 Å². The Morgan fingerprint density at radius 2 is 1.75 bits per heavy atom. The second-order valence-corrected chi connectivity index (χ2v) is 5.50. The van der Waals surface area contributed by atoms with Gasteiger partial charge in [0.25, 0.3) is 11.6 Å². The number of nitro benzene ring substituents is 1. The molecule has 1 atom stereocenters. The summed E-state index contributed by atoms with van der Waals surface area (Å²) in [4.78, 5) is 34.5. The molecule has 0 bridgehead atoms. The van der Waals surface area contributed by atoms with Gasteiger partial charge in [0.1, 0.15) is 0 Å². The fourth-order valence-corrected chi connectivity index (χ4v) is 2.17. The van der Waals surface area contributed by atoms with Crippen molar-refractivity contribution in [2.45, 2.75) is 13.0 Å². The third-order valence-corrected chi connectivity index (χ3v) is 3.65. The van der Waals surface area contributed by atoms with Gasteiger partial charge in [0.05, 0.1) is 16.2 Å². The Labute approximate surface area is 156 Å². The number of benzene rings is 2. The fraction of sp³-hybridized carbons (Fsp3) is 0.176. The van der Waals surface area contributed by atoms with E-state index in [1.165, 1.54) is 19.2 Å². The van der Waals surface area contributed by atoms with E-state index in [1.54, 1.807) is 0 Å². The number of carbonyl (C=O) groups excluding carboxylic acids is 2. The number of nitrogens with one attached hydrogen (secondary N) is 2. The lowest BCUT2D eigenvalue weighted by molar-refractivity contribution is -0.384. The highest BCUT2D eigenvalue weighted by molar-refractivity contribution is 6.00. The van der Waals surface area contributed by atoms with Crippen molar-refractivity contribution in [3.05, 3.63) is 63.5 Å². The molecule has 2 aromatic rings. The molecule has 0 saturated carbocycles. The minimum Gasteiger partial charge on any atom is -0.449 e. The molecule has 2 N–H and O–H groups in total. The summed E-state index contributed by atoms with van der Waals surface area (Å²) in [5.74, 6) is -6.88. The molecule has 0 unspecified atom stereocenters. The Morgan fingerprint density at radius 1 is 1.11 bits per heavy atom. The average molecular weight is 397 g/mol. The van der Waals surface area contributed by atoms with Gasteiger partial charge in [-0.05, 0) is 25.1 Å². The number of anilines is 2. The summed E-state index contributed by atoms with van der Waals surface area (Å²) in [5.41, 5.74) is -0.991. The first-order chi connectivity index (χ1) is 13.1. The summed E-state index contributed by atoms with van der Waals surface area (Å²) in [7, 11) is 1.47. The summed E-state index contributed by atoms with van der Waals surface area (Å²) in [6.45, 7) is 1.15. The maximum absolute atomic E-state index is 13.6. The van der Waals surface area contributed by atoms with Crippen molar-refractivity contribution in [2.24, 2.45) is 0 Å². The third kappa shape index (κ3) is 4.37. The van der Waals surface area contributed by atoms with Crippen molar-refractivity contribution in [1.82, 2.24) is 0 Å². The first-order valence-electron chi connectivity index (χ1n) is 7.77. The van der Waals surface area contributed by atoms with Crippen LogP contribution in [0.3, 0.4) is 0 Å². The molecule has 0 spiro atoms. The predicted octanol–water partition coefficient (Wildman–Crippen LogP) is 3.24. The van der Waals surface area contributed by atoms with Crippen molar-refractivity contribution in [3.8, 4) is 0 Å². The van der Waals surface area contributed by atoms with Crippen LogP contribution in [-0.2, 0) is 9.53 Å². The molecule has 0 radical (unpaired) electrons. The molecule has 2 rings (SSSR count). The van der Waals surface area contributed by atoms with Crippen LogP contribution < -0.4 is 10.6 Å². The molecule has 0 aliphatic rings. The van der Waals surface area contributed by atoms with E-state index in [0.717, 1.165) is 19.1 Å². The average Bonchev–Trinajstić information content (AvgIpc) is 2.67. The van der Waals surface area contributed by atoms with Crippen LogP contribution >= 0.6 is 0 Å². The quantitative estimate of drug-likeness (QED) is 0.335. The van der Waals surface area contributed by atoms with Gasteiger partial charge in [-0.25, -0.2) is 18.0 Å². The van der Waals surface area contributed by atoms with Crippen LogP contribution in [0.5, 0.6) is 0 Å². The normalized spacial score (nSPS) is 11.5. The monoisotopic (exact) mass is 397 g/mol. The van der Waals surface area contributed by atoms with Crippen LogP contribution in [0.25, 0.3) is 0 Å². The Balaban J connectivity index is 2.16. The highest BCUT2D eigenvalue weighted by atomic mass is 19.2. The van der Waals surface area contributed by atoms with Crippen molar-refractivity contribution in [3.63, 3.8) is 0 Å². The second kappa shape index (κ2) is 8.37. The highest BCUT2D eigenvalue weighted by Gasteiger charge is 2.24. The van der Waals surface area contributed by atoms with Gasteiger partial charge in [-0.3, -0.25) is 14.9 Å². The van der Waals surface area contributed by atoms with E-state index in [4.69, 9.17) is 4.74 Å². The van der Waals surface area contributed by atoms with Gasteiger partial charge >= 0.3 is 5.97 Å². The molecule has 8 nitrogen and oxygen atoms in total. The number of hydrogen-bond acceptors (Lipinski definition) is 6. The standard InChI is InChI=1S/C17H14F3N3O5/c1-8(16(24)22-13-6-4-11(18)14(19)15(13)20)28-17(25)10-7-9(23(26)27)3-5-12(10)21-2/h3-8,21H,1-2H3,(H,22,24)/t8-/m1/s1. The maximum Gasteiger partial charge on any atom is 0.341 e. The van der Waals surface area contributed by atoms with Gasteiger partial charge in [-0.1, -0.05) is 0 Å².